The SMILES string of the molecule is N#Cc1cccc(C(=O)NCC2CCN(S(=O)(=O)c3cccnc3)CC2)c1. The van der Waals surface area contributed by atoms with Crippen molar-refractivity contribution in [2.75, 3.05) is 19.6 Å². The maximum atomic E-state index is 12.6. The minimum Gasteiger partial charge on any atom is -0.352 e. The summed E-state index contributed by atoms with van der Waals surface area (Å²) in [6.45, 7) is 1.32. The molecule has 1 N–H and O–H groups in total. The first-order chi connectivity index (χ1) is 13.0. The molecule has 1 amide bonds. The Morgan fingerprint density at radius 3 is 2.70 bits per heavy atom. The van der Waals surface area contributed by atoms with E-state index in [9.17, 15) is 13.2 Å². The van der Waals surface area contributed by atoms with Gasteiger partial charge in [-0.3, -0.25) is 9.78 Å². The lowest BCUT2D eigenvalue weighted by molar-refractivity contribution is 0.0941. The van der Waals surface area contributed by atoms with Crippen molar-refractivity contribution in [2.45, 2.75) is 17.7 Å². The topological polar surface area (TPSA) is 103 Å². The molecule has 7 nitrogen and oxygen atoms in total. The van der Waals surface area contributed by atoms with E-state index in [0.717, 1.165) is 0 Å². The first-order valence-corrected chi connectivity index (χ1v) is 10.1. The Balaban J connectivity index is 1.53. The van der Waals surface area contributed by atoms with Gasteiger partial charge >= 0.3 is 0 Å². The number of nitriles is 1. The highest BCUT2D eigenvalue weighted by Crippen LogP contribution is 2.23. The fourth-order valence-electron chi connectivity index (χ4n) is 3.07. The number of hydrogen-bond acceptors (Lipinski definition) is 5. The Morgan fingerprint density at radius 2 is 2.04 bits per heavy atom. The molecule has 1 saturated heterocycles. The lowest BCUT2D eigenvalue weighted by Crippen LogP contribution is -2.41. The third kappa shape index (κ3) is 4.51. The van der Waals surface area contributed by atoms with E-state index in [1.165, 1.54) is 10.5 Å². The maximum absolute atomic E-state index is 12.6. The fourth-order valence-corrected chi connectivity index (χ4v) is 4.51. The predicted octanol–water partition coefficient (Wildman–Crippen LogP) is 1.78. The van der Waals surface area contributed by atoms with Crippen molar-refractivity contribution in [2.24, 2.45) is 5.92 Å². The number of piperidine rings is 1. The van der Waals surface area contributed by atoms with E-state index < -0.39 is 10.0 Å². The van der Waals surface area contributed by atoms with Crippen LogP contribution in [0.15, 0.2) is 53.7 Å². The van der Waals surface area contributed by atoms with E-state index in [0.29, 0.717) is 43.6 Å². The molecule has 1 aliphatic rings. The number of benzene rings is 1. The average molecular weight is 384 g/mol. The van der Waals surface area contributed by atoms with Crippen molar-refractivity contribution in [1.29, 1.82) is 5.26 Å². The second-order valence-electron chi connectivity index (χ2n) is 6.44. The highest BCUT2D eigenvalue weighted by molar-refractivity contribution is 7.89. The highest BCUT2D eigenvalue weighted by Gasteiger charge is 2.29. The van der Waals surface area contributed by atoms with E-state index in [1.54, 1.807) is 42.6 Å². The molecule has 27 heavy (non-hydrogen) atoms. The molecular formula is C19H20N4O3S. The van der Waals surface area contributed by atoms with Gasteiger partial charge in [0.15, 0.2) is 0 Å². The van der Waals surface area contributed by atoms with E-state index in [1.807, 2.05) is 6.07 Å². The summed E-state index contributed by atoms with van der Waals surface area (Å²) in [7, 11) is -3.51. The molecule has 0 bridgehead atoms. The number of nitrogens with one attached hydrogen (secondary N) is 1. The van der Waals surface area contributed by atoms with Gasteiger partial charge in [-0.1, -0.05) is 6.07 Å². The van der Waals surface area contributed by atoms with Crippen LogP contribution in [0.4, 0.5) is 0 Å². The Kier molecular flexibility index (Phi) is 5.84. The van der Waals surface area contributed by atoms with Gasteiger partial charge in [-0.05, 0) is 49.1 Å². The van der Waals surface area contributed by atoms with Crippen molar-refractivity contribution in [3.63, 3.8) is 0 Å². The van der Waals surface area contributed by atoms with Gasteiger partial charge in [0.2, 0.25) is 10.0 Å². The van der Waals surface area contributed by atoms with Crippen molar-refractivity contribution in [3.8, 4) is 6.07 Å². The first kappa shape index (κ1) is 19.0. The van der Waals surface area contributed by atoms with Gasteiger partial charge in [-0.15, -0.1) is 0 Å². The third-order valence-electron chi connectivity index (χ3n) is 4.65. The molecule has 1 aromatic heterocycles. The number of carbonyl (C=O) groups is 1. The van der Waals surface area contributed by atoms with Gasteiger partial charge in [-0.2, -0.15) is 9.57 Å². The molecule has 140 valence electrons. The summed E-state index contributed by atoms with van der Waals surface area (Å²) in [6.07, 6.45) is 4.26. The molecule has 2 aromatic rings. The smallest absolute Gasteiger partial charge is 0.251 e. The fraction of sp³-hybridized carbons (Fsp3) is 0.316. The van der Waals surface area contributed by atoms with E-state index in [4.69, 9.17) is 5.26 Å². The van der Waals surface area contributed by atoms with Crippen molar-refractivity contribution >= 4 is 15.9 Å². The lowest BCUT2D eigenvalue weighted by atomic mass is 9.98. The molecular weight excluding hydrogens is 364 g/mol. The minimum atomic E-state index is -3.51. The second kappa shape index (κ2) is 8.29. The second-order valence-corrected chi connectivity index (χ2v) is 8.38. The van der Waals surface area contributed by atoms with Crippen LogP contribution in [-0.4, -0.2) is 43.2 Å². The van der Waals surface area contributed by atoms with Crippen LogP contribution in [0.5, 0.6) is 0 Å². The molecule has 3 rings (SSSR count). The van der Waals surface area contributed by atoms with Crippen LogP contribution in [0.1, 0.15) is 28.8 Å². The van der Waals surface area contributed by atoms with Crippen LogP contribution in [0.3, 0.4) is 0 Å². The van der Waals surface area contributed by atoms with E-state index in [2.05, 4.69) is 10.3 Å². The summed E-state index contributed by atoms with van der Waals surface area (Å²) in [5.74, 6) is -0.00837. The molecule has 0 saturated carbocycles. The summed E-state index contributed by atoms with van der Waals surface area (Å²) in [4.78, 5) is 16.3. The van der Waals surface area contributed by atoms with Crippen LogP contribution >= 0.6 is 0 Å². The molecule has 1 aromatic carbocycles. The van der Waals surface area contributed by atoms with Crippen molar-refractivity contribution in [1.82, 2.24) is 14.6 Å². The van der Waals surface area contributed by atoms with Gasteiger partial charge < -0.3 is 5.32 Å². The Hall–Kier alpha value is -2.76. The van der Waals surface area contributed by atoms with Crippen LogP contribution < -0.4 is 5.32 Å². The van der Waals surface area contributed by atoms with Crippen LogP contribution in [0, 0.1) is 17.2 Å². The molecule has 0 spiro atoms. The quantitative estimate of drug-likeness (QED) is 0.846. The number of pyridine rings is 1. The van der Waals surface area contributed by atoms with Crippen LogP contribution in [0.25, 0.3) is 0 Å². The standard InChI is InChI=1S/C19H20N4O3S/c20-12-16-3-1-4-17(11-16)19(24)22-13-15-6-9-23(10-7-15)27(25,26)18-5-2-8-21-14-18/h1-5,8,11,14-15H,6-7,9-10,13H2,(H,22,24). The normalized spacial score (nSPS) is 15.8. The highest BCUT2D eigenvalue weighted by atomic mass is 32.2. The first-order valence-electron chi connectivity index (χ1n) is 8.69. The molecule has 0 unspecified atom stereocenters. The number of carbonyl (C=O) groups excluding carboxylic acids is 1. The zero-order valence-electron chi connectivity index (χ0n) is 14.7. The summed E-state index contributed by atoms with van der Waals surface area (Å²) in [6, 6.07) is 11.7. The molecule has 0 atom stereocenters. The zero-order chi connectivity index (χ0) is 19.3. The van der Waals surface area contributed by atoms with E-state index >= 15 is 0 Å². The van der Waals surface area contributed by atoms with Gasteiger partial charge in [0.25, 0.3) is 5.91 Å². The van der Waals surface area contributed by atoms with Crippen molar-refractivity contribution in [3.05, 3.63) is 59.9 Å². The van der Waals surface area contributed by atoms with E-state index in [-0.39, 0.29) is 16.7 Å². The number of amides is 1. The summed E-state index contributed by atoms with van der Waals surface area (Å²) < 4.78 is 26.7. The van der Waals surface area contributed by atoms with Gasteiger partial charge in [-0.25, -0.2) is 8.42 Å². The molecule has 0 radical (unpaired) electrons. The van der Waals surface area contributed by atoms with Gasteiger partial charge in [0.1, 0.15) is 4.90 Å². The monoisotopic (exact) mass is 384 g/mol. The average Bonchev–Trinajstić information content (AvgIpc) is 2.73. The third-order valence-corrected chi connectivity index (χ3v) is 6.53. The molecule has 1 fully saturated rings. The predicted molar refractivity (Wildman–Crippen MR) is 99.2 cm³/mol. The Bertz CT molecular complexity index is 946. The van der Waals surface area contributed by atoms with Gasteiger partial charge in [0.05, 0.1) is 11.6 Å². The van der Waals surface area contributed by atoms with Crippen LogP contribution in [-0.2, 0) is 10.0 Å². The number of sulfonamides is 1. The Morgan fingerprint density at radius 1 is 1.26 bits per heavy atom. The maximum Gasteiger partial charge on any atom is 0.251 e. The number of hydrogen-bond donors (Lipinski definition) is 1. The molecule has 2 heterocycles. The summed E-state index contributed by atoms with van der Waals surface area (Å²) in [5.41, 5.74) is 0.891. The minimum absolute atomic E-state index is 0.203. The molecule has 1 aliphatic heterocycles. The number of aromatic nitrogens is 1. The van der Waals surface area contributed by atoms with Crippen molar-refractivity contribution < 1.29 is 13.2 Å². The molecule has 0 aliphatic carbocycles. The number of nitrogens with zero attached hydrogens (tertiary/aromatic N) is 3. The largest absolute Gasteiger partial charge is 0.352 e. The molecule has 8 heteroatoms. The summed E-state index contributed by atoms with van der Waals surface area (Å²) in [5, 5.41) is 11.8. The lowest BCUT2D eigenvalue weighted by Gasteiger charge is -2.31. The van der Waals surface area contributed by atoms with Gasteiger partial charge in [0, 0.05) is 37.6 Å². The van der Waals surface area contributed by atoms with Crippen LogP contribution in [0.2, 0.25) is 0 Å². The Labute approximate surface area is 158 Å². The summed E-state index contributed by atoms with van der Waals surface area (Å²) >= 11 is 0. The zero-order valence-corrected chi connectivity index (χ0v) is 15.5. The number of rotatable bonds is 5.